The number of hydrazine groups is 1. The fourth-order valence-electron chi connectivity index (χ4n) is 4.05. The first-order chi connectivity index (χ1) is 8.76. The topological polar surface area (TPSA) is 55.9 Å². The van der Waals surface area contributed by atoms with Gasteiger partial charge in [0, 0.05) is 31.9 Å². The van der Waals surface area contributed by atoms with Gasteiger partial charge in [-0.15, -0.1) is 0 Å². The number of hydrogen-bond acceptors (Lipinski definition) is 3. The second kappa shape index (κ2) is 5.02. The number of fused-ring (bicyclic) bond motifs is 2. The van der Waals surface area contributed by atoms with Crippen LogP contribution in [-0.2, 0) is 13.5 Å². The highest BCUT2D eigenvalue weighted by atomic mass is 15.2. The Bertz CT molecular complexity index is 400. The molecule has 2 saturated carbocycles. The Morgan fingerprint density at radius 3 is 2.94 bits per heavy atom. The van der Waals surface area contributed by atoms with Gasteiger partial charge in [-0.3, -0.25) is 11.3 Å². The van der Waals surface area contributed by atoms with E-state index in [0.717, 1.165) is 30.0 Å². The van der Waals surface area contributed by atoms with Gasteiger partial charge in [-0.25, -0.2) is 4.98 Å². The van der Waals surface area contributed by atoms with E-state index in [1.54, 1.807) is 0 Å². The summed E-state index contributed by atoms with van der Waals surface area (Å²) >= 11 is 0. The van der Waals surface area contributed by atoms with E-state index in [0.29, 0.717) is 6.04 Å². The number of nitrogens with one attached hydrogen (secondary N) is 1. The van der Waals surface area contributed by atoms with Gasteiger partial charge in [-0.05, 0) is 43.4 Å². The molecule has 2 bridgehead atoms. The molecule has 0 saturated heterocycles. The number of nitrogens with two attached hydrogens (primary N) is 1. The van der Waals surface area contributed by atoms with Crippen molar-refractivity contribution in [3.8, 4) is 0 Å². The lowest BCUT2D eigenvalue weighted by Crippen LogP contribution is -2.39. The Hall–Kier alpha value is -0.870. The van der Waals surface area contributed by atoms with Gasteiger partial charge in [0.2, 0.25) is 0 Å². The molecule has 4 nitrogen and oxygen atoms in total. The van der Waals surface area contributed by atoms with Crippen molar-refractivity contribution in [2.45, 2.75) is 44.6 Å². The van der Waals surface area contributed by atoms with E-state index in [4.69, 9.17) is 5.84 Å². The minimum absolute atomic E-state index is 0.371. The lowest BCUT2D eigenvalue weighted by atomic mass is 9.83. The standard InChI is InChI=1S/C14H24N4/c1-18-5-4-16-14(18)9-13(17-15)8-12-7-10-2-3-11(12)6-10/h4-5,10-13,17H,2-3,6-9,15H2,1H3. The molecule has 100 valence electrons. The molecule has 4 unspecified atom stereocenters. The van der Waals surface area contributed by atoms with Crippen molar-refractivity contribution in [3.63, 3.8) is 0 Å². The number of hydrogen-bond donors (Lipinski definition) is 2. The number of aromatic nitrogens is 2. The highest BCUT2D eigenvalue weighted by Crippen LogP contribution is 2.49. The van der Waals surface area contributed by atoms with E-state index in [2.05, 4.69) is 15.0 Å². The second-order valence-electron chi connectivity index (χ2n) is 6.19. The molecule has 3 rings (SSSR count). The SMILES string of the molecule is Cn1ccnc1CC(CC1CC2CCC1C2)NN. The maximum absolute atomic E-state index is 5.73. The van der Waals surface area contributed by atoms with Crippen LogP contribution in [0.2, 0.25) is 0 Å². The minimum Gasteiger partial charge on any atom is -0.338 e. The van der Waals surface area contributed by atoms with Crippen LogP contribution in [0, 0.1) is 17.8 Å². The summed E-state index contributed by atoms with van der Waals surface area (Å²) in [5.41, 5.74) is 3.00. The van der Waals surface area contributed by atoms with E-state index >= 15 is 0 Å². The first kappa shape index (κ1) is 12.2. The number of imidazole rings is 1. The molecule has 2 fully saturated rings. The fraction of sp³-hybridized carbons (Fsp3) is 0.786. The maximum atomic E-state index is 5.73. The van der Waals surface area contributed by atoms with Crippen molar-refractivity contribution in [2.75, 3.05) is 0 Å². The Morgan fingerprint density at radius 1 is 1.50 bits per heavy atom. The van der Waals surface area contributed by atoms with E-state index in [9.17, 15) is 0 Å². The molecule has 1 aromatic rings. The van der Waals surface area contributed by atoms with Crippen LogP contribution in [0.25, 0.3) is 0 Å². The van der Waals surface area contributed by atoms with Gasteiger partial charge in [0.05, 0.1) is 0 Å². The molecule has 4 atom stereocenters. The average molecular weight is 248 g/mol. The van der Waals surface area contributed by atoms with Crippen molar-refractivity contribution < 1.29 is 0 Å². The molecule has 0 aliphatic heterocycles. The second-order valence-corrected chi connectivity index (χ2v) is 6.19. The van der Waals surface area contributed by atoms with Crippen LogP contribution in [0.15, 0.2) is 12.4 Å². The van der Waals surface area contributed by atoms with Crippen LogP contribution in [0.4, 0.5) is 0 Å². The van der Waals surface area contributed by atoms with Crippen LogP contribution in [-0.4, -0.2) is 15.6 Å². The zero-order valence-corrected chi connectivity index (χ0v) is 11.2. The largest absolute Gasteiger partial charge is 0.338 e. The van der Waals surface area contributed by atoms with Crippen LogP contribution >= 0.6 is 0 Å². The molecule has 1 aromatic heterocycles. The zero-order valence-electron chi connectivity index (χ0n) is 11.2. The minimum atomic E-state index is 0.371. The first-order valence-electron chi connectivity index (χ1n) is 7.18. The van der Waals surface area contributed by atoms with Crippen LogP contribution in [0.1, 0.15) is 37.9 Å². The third-order valence-electron chi connectivity index (χ3n) is 5.06. The predicted molar refractivity (Wildman–Crippen MR) is 71.6 cm³/mol. The maximum Gasteiger partial charge on any atom is 0.109 e. The summed E-state index contributed by atoms with van der Waals surface area (Å²) in [7, 11) is 2.05. The van der Waals surface area contributed by atoms with Crippen molar-refractivity contribution in [3.05, 3.63) is 18.2 Å². The summed E-state index contributed by atoms with van der Waals surface area (Å²) in [5.74, 6) is 9.75. The lowest BCUT2D eigenvalue weighted by molar-refractivity contribution is 0.275. The van der Waals surface area contributed by atoms with Gasteiger partial charge in [0.25, 0.3) is 0 Å². The van der Waals surface area contributed by atoms with Crippen molar-refractivity contribution in [2.24, 2.45) is 30.6 Å². The van der Waals surface area contributed by atoms with Gasteiger partial charge in [0.15, 0.2) is 0 Å². The average Bonchev–Trinajstić information content (AvgIpc) is 3.06. The molecule has 0 aromatic carbocycles. The molecule has 0 spiro atoms. The van der Waals surface area contributed by atoms with Gasteiger partial charge in [-0.1, -0.05) is 6.42 Å². The smallest absolute Gasteiger partial charge is 0.109 e. The monoisotopic (exact) mass is 248 g/mol. The molecule has 4 heteroatoms. The molecule has 0 radical (unpaired) electrons. The normalized spacial score (nSPS) is 32.0. The molecule has 0 amide bonds. The number of nitrogens with zero attached hydrogens (tertiary/aromatic N) is 2. The Kier molecular flexibility index (Phi) is 3.39. The summed E-state index contributed by atoms with van der Waals surface area (Å²) in [6.07, 6.45) is 11.9. The van der Waals surface area contributed by atoms with E-state index in [-0.39, 0.29) is 0 Å². The zero-order chi connectivity index (χ0) is 12.5. The summed E-state index contributed by atoms with van der Waals surface area (Å²) in [6, 6.07) is 0.371. The van der Waals surface area contributed by atoms with E-state index in [1.807, 2.05) is 19.4 Å². The predicted octanol–water partition coefficient (Wildman–Crippen LogP) is 1.62. The molecule has 2 aliphatic rings. The molecule has 1 heterocycles. The molecular weight excluding hydrogens is 224 g/mol. The highest BCUT2D eigenvalue weighted by Gasteiger charge is 2.40. The summed E-state index contributed by atoms with van der Waals surface area (Å²) < 4.78 is 2.09. The van der Waals surface area contributed by atoms with E-state index < -0.39 is 0 Å². The van der Waals surface area contributed by atoms with Crippen LogP contribution < -0.4 is 11.3 Å². The van der Waals surface area contributed by atoms with Gasteiger partial charge >= 0.3 is 0 Å². The molecular formula is C14H24N4. The van der Waals surface area contributed by atoms with Crippen LogP contribution in [0.5, 0.6) is 0 Å². The van der Waals surface area contributed by atoms with Crippen molar-refractivity contribution in [1.29, 1.82) is 0 Å². The Balaban J connectivity index is 1.58. The molecule has 2 aliphatic carbocycles. The third-order valence-corrected chi connectivity index (χ3v) is 5.06. The summed E-state index contributed by atoms with van der Waals surface area (Å²) in [6.45, 7) is 0. The van der Waals surface area contributed by atoms with Gasteiger partial charge < -0.3 is 4.57 Å². The van der Waals surface area contributed by atoms with Crippen molar-refractivity contribution >= 4 is 0 Å². The van der Waals surface area contributed by atoms with Crippen LogP contribution in [0.3, 0.4) is 0 Å². The number of rotatable bonds is 5. The van der Waals surface area contributed by atoms with Crippen molar-refractivity contribution in [1.82, 2.24) is 15.0 Å². The highest BCUT2D eigenvalue weighted by molar-refractivity contribution is 4.97. The third kappa shape index (κ3) is 2.31. The Labute approximate surface area is 109 Å². The molecule has 18 heavy (non-hydrogen) atoms. The fourth-order valence-corrected chi connectivity index (χ4v) is 4.05. The Morgan fingerprint density at radius 2 is 2.39 bits per heavy atom. The number of aryl methyl sites for hydroxylation is 1. The molecule has 3 N–H and O–H groups in total. The van der Waals surface area contributed by atoms with Gasteiger partial charge in [-0.2, -0.15) is 0 Å². The summed E-state index contributed by atoms with van der Waals surface area (Å²) in [4.78, 5) is 4.39. The first-order valence-corrected chi connectivity index (χ1v) is 7.18. The lowest BCUT2D eigenvalue weighted by Gasteiger charge is -2.26. The van der Waals surface area contributed by atoms with Gasteiger partial charge in [0.1, 0.15) is 5.82 Å². The quantitative estimate of drug-likeness (QED) is 0.615. The van der Waals surface area contributed by atoms with E-state index in [1.165, 1.54) is 32.1 Å². The summed E-state index contributed by atoms with van der Waals surface area (Å²) in [5, 5.41) is 0.